The minimum Gasteiger partial charge on any atom is -0.458 e. The van der Waals surface area contributed by atoms with Crippen LogP contribution in [0, 0.1) is 17.8 Å². The minimum atomic E-state index is -1.13. The molecule has 3 fully saturated rings. The molecular weight excluding hydrogens is 570 g/mol. The van der Waals surface area contributed by atoms with Crippen LogP contribution in [0.4, 0.5) is 4.79 Å². The highest BCUT2D eigenvalue weighted by atomic mass is 16.7. The second kappa shape index (κ2) is 13.3. The van der Waals surface area contributed by atoms with Crippen molar-refractivity contribution in [2.24, 2.45) is 22.7 Å². The van der Waals surface area contributed by atoms with Crippen LogP contribution in [-0.4, -0.2) is 127 Å². The lowest BCUT2D eigenvalue weighted by Gasteiger charge is -2.47. The van der Waals surface area contributed by atoms with Crippen LogP contribution < -0.4 is 0 Å². The number of nitrogens with zero attached hydrogens (tertiary/aromatic N) is 3. The summed E-state index contributed by atoms with van der Waals surface area (Å²) in [6.07, 6.45) is -3.33. The number of carbonyl (C=O) groups is 3. The SMILES string of the molecule is CC[C@@H]1OC(=O)CC(=O)[C@H](C)[C@H](O[C@@H]2O[C@H](C)C[C@H](N(C)C)[C@H]2O)[C@@](C)(OC)C[C@@H](C)C2=NCCN3C(=O)O[C@@]1(C)[C@H]3[C@@H]2C. The third-order valence-corrected chi connectivity index (χ3v) is 10.4. The fourth-order valence-corrected chi connectivity index (χ4v) is 8.08. The summed E-state index contributed by atoms with van der Waals surface area (Å²) in [6, 6.07) is -0.637. The van der Waals surface area contributed by atoms with Crippen LogP contribution in [0.2, 0.25) is 0 Å². The minimum absolute atomic E-state index is 0.139. The van der Waals surface area contributed by atoms with Crippen molar-refractivity contribution in [1.29, 1.82) is 0 Å². The molecule has 4 aliphatic rings. The maximum atomic E-state index is 13.8. The lowest BCUT2D eigenvalue weighted by atomic mass is 9.73. The molecule has 0 aromatic rings. The van der Waals surface area contributed by atoms with E-state index in [-0.39, 0.29) is 29.8 Å². The van der Waals surface area contributed by atoms with Gasteiger partial charge in [-0.15, -0.1) is 0 Å². The quantitative estimate of drug-likeness (QED) is 0.360. The maximum Gasteiger partial charge on any atom is 0.410 e. The van der Waals surface area contributed by atoms with Crippen molar-refractivity contribution in [3.63, 3.8) is 0 Å². The Bertz CT molecular complexity index is 1120. The van der Waals surface area contributed by atoms with E-state index in [1.54, 1.807) is 18.9 Å². The van der Waals surface area contributed by atoms with E-state index >= 15 is 0 Å². The monoisotopic (exact) mass is 623 g/mol. The lowest BCUT2D eigenvalue weighted by molar-refractivity contribution is -0.295. The van der Waals surface area contributed by atoms with Gasteiger partial charge in [0.15, 0.2) is 11.9 Å². The zero-order valence-corrected chi connectivity index (χ0v) is 28.1. The molecule has 0 aliphatic carbocycles. The topological polar surface area (TPSA) is 136 Å². The Hall–Kier alpha value is -2.12. The number of rotatable bonds is 5. The van der Waals surface area contributed by atoms with Gasteiger partial charge in [-0.2, -0.15) is 0 Å². The molecule has 4 heterocycles. The van der Waals surface area contributed by atoms with E-state index in [0.717, 1.165) is 5.71 Å². The Balaban J connectivity index is 1.77. The summed E-state index contributed by atoms with van der Waals surface area (Å²) >= 11 is 0. The van der Waals surface area contributed by atoms with Gasteiger partial charge in [0.05, 0.1) is 30.4 Å². The molecule has 0 unspecified atom stereocenters. The van der Waals surface area contributed by atoms with E-state index in [4.69, 9.17) is 28.7 Å². The predicted octanol–water partition coefficient (Wildman–Crippen LogP) is 2.83. The number of ketones is 1. The normalized spacial score (nSPS) is 44.0. The fourth-order valence-electron chi connectivity index (χ4n) is 8.08. The fraction of sp³-hybridized carbons (Fsp3) is 0.875. The highest BCUT2D eigenvalue weighted by Gasteiger charge is 2.60. The van der Waals surface area contributed by atoms with Crippen LogP contribution in [0.5, 0.6) is 0 Å². The van der Waals surface area contributed by atoms with Gasteiger partial charge in [0.2, 0.25) is 0 Å². The molecule has 44 heavy (non-hydrogen) atoms. The van der Waals surface area contributed by atoms with Crippen molar-refractivity contribution in [1.82, 2.24) is 9.80 Å². The molecule has 4 rings (SSSR count). The van der Waals surface area contributed by atoms with E-state index in [9.17, 15) is 19.5 Å². The first kappa shape index (κ1) is 34.7. The Morgan fingerprint density at radius 3 is 2.41 bits per heavy atom. The standard InChI is InChI=1S/C32H53N3O9/c1-11-23-32(7)27-20(5)25(33-12-13-35(27)30(39)44-32)17(2)16-31(6,40-10)28(19(4)22(36)15-24(37)42-23)43-29-26(38)21(34(8)9)14-18(3)41-29/h17-21,23,26-29,38H,11-16H2,1-10H3/t17-,18-,19+,20-,21+,23+,26-,27-,28+,29+,31+,32-/m1/s1. The van der Waals surface area contributed by atoms with Crippen LogP contribution in [0.25, 0.3) is 0 Å². The number of cyclic esters (lactones) is 1. The number of aliphatic hydroxyl groups excluding tert-OH is 1. The summed E-state index contributed by atoms with van der Waals surface area (Å²) < 4.78 is 30.8. The van der Waals surface area contributed by atoms with Crippen LogP contribution in [0.15, 0.2) is 4.99 Å². The number of fused-ring (bicyclic) bond motifs is 1. The van der Waals surface area contributed by atoms with Gasteiger partial charge in [0, 0.05) is 37.2 Å². The summed E-state index contributed by atoms with van der Waals surface area (Å²) in [5.74, 6) is -2.25. The van der Waals surface area contributed by atoms with Gasteiger partial charge in [-0.3, -0.25) is 19.5 Å². The predicted molar refractivity (Wildman–Crippen MR) is 162 cm³/mol. The maximum absolute atomic E-state index is 13.8. The van der Waals surface area contributed by atoms with E-state index in [1.807, 2.05) is 53.6 Å². The van der Waals surface area contributed by atoms with E-state index in [0.29, 0.717) is 32.4 Å². The molecule has 12 heteroatoms. The molecule has 0 aromatic carbocycles. The lowest BCUT2D eigenvalue weighted by Crippen LogP contribution is -2.59. The number of ether oxygens (including phenoxy) is 5. The number of aliphatic imine (C=N–C) groups is 1. The highest BCUT2D eigenvalue weighted by molar-refractivity contribution is 5.97. The molecule has 1 amide bonds. The number of amides is 1. The number of methoxy groups -OCH3 is 1. The first-order valence-corrected chi connectivity index (χ1v) is 16.0. The molecule has 0 aromatic heterocycles. The van der Waals surface area contributed by atoms with Crippen LogP contribution in [0.3, 0.4) is 0 Å². The van der Waals surface area contributed by atoms with E-state index < -0.39 is 66.2 Å². The Morgan fingerprint density at radius 1 is 1.11 bits per heavy atom. The molecule has 2 bridgehead atoms. The Kier molecular flexibility index (Phi) is 10.5. The van der Waals surface area contributed by atoms with Crippen molar-refractivity contribution in [3.8, 4) is 0 Å². The number of aliphatic hydroxyl groups is 1. The van der Waals surface area contributed by atoms with Crippen molar-refractivity contribution < 1.29 is 43.2 Å². The summed E-state index contributed by atoms with van der Waals surface area (Å²) in [4.78, 5) is 48.9. The van der Waals surface area contributed by atoms with Crippen LogP contribution in [0.1, 0.15) is 74.1 Å². The average molecular weight is 624 g/mol. The molecule has 12 nitrogen and oxygen atoms in total. The zero-order valence-electron chi connectivity index (χ0n) is 28.1. The first-order valence-electron chi connectivity index (χ1n) is 16.0. The first-order chi connectivity index (χ1) is 20.6. The van der Waals surface area contributed by atoms with Gasteiger partial charge < -0.3 is 33.7 Å². The number of hydrogen-bond donors (Lipinski definition) is 1. The molecule has 1 N–H and O–H groups in total. The second-order valence-corrected chi connectivity index (χ2v) is 13.9. The van der Waals surface area contributed by atoms with E-state index in [1.165, 1.54) is 0 Å². The third kappa shape index (κ3) is 6.42. The van der Waals surface area contributed by atoms with E-state index in [2.05, 4.69) is 6.92 Å². The zero-order chi connectivity index (χ0) is 32.7. The molecule has 3 saturated heterocycles. The smallest absolute Gasteiger partial charge is 0.410 e. The van der Waals surface area contributed by atoms with Gasteiger partial charge in [-0.05, 0) is 60.0 Å². The van der Waals surface area contributed by atoms with Crippen LogP contribution >= 0.6 is 0 Å². The molecular formula is C32H53N3O9. The summed E-state index contributed by atoms with van der Waals surface area (Å²) in [7, 11) is 5.38. The summed E-state index contributed by atoms with van der Waals surface area (Å²) in [5, 5.41) is 11.3. The van der Waals surface area contributed by atoms with Crippen molar-refractivity contribution in [3.05, 3.63) is 0 Å². The van der Waals surface area contributed by atoms with Gasteiger partial charge >= 0.3 is 12.1 Å². The number of Topliss-reactive ketones (excluding diaryl/α,β-unsaturated/α-hetero) is 1. The Labute approximate surface area is 261 Å². The van der Waals surface area contributed by atoms with Gasteiger partial charge in [-0.25, -0.2) is 4.79 Å². The Morgan fingerprint density at radius 2 is 1.80 bits per heavy atom. The second-order valence-electron chi connectivity index (χ2n) is 13.9. The van der Waals surface area contributed by atoms with Gasteiger partial charge in [0.25, 0.3) is 0 Å². The van der Waals surface area contributed by atoms with Crippen LogP contribution in [-0.2, 0) is 33.3 Å². The largest absolute Gasteiger partial charge is 0.458 e. The van der Waals surface area contributed by atoms with Crippen molar-refractivity contribution in [2.75, 3.05) is 34.3 Å². The third-order valence-electron chi connectivity index (χ3n) is 10.4. The van der Waals surface area contributed by atoms with Gasteiger partial charge in [-0.1, -0.05) is 27.7 Å². The molecule has 4 aliphatic heterocycles. The average Bonchev–Trinajstić information content (AvgIpc) is 3.08. The van der Waals surface area contributed by atoms with Crippen molar-refractivity contribution >= 4 is 23.6 Å². The molecule has 12 atom stereocenters. The number of hydrogen-bond acceptors (Lipinski definition) is 11. The molecule has 0 radical (unpaired) electrons. The summed E-state index contributed by atoms with van der Waals surface area (Å²) in [5.41, 5.74) is -1.28. The molecule has 250 valence electrons. The molecule has 0 saturated carbocycles. The molecule has 0 spiro atoms. The summed E-state index contributed by atoms with van der Waals surface area (Å²) in [6.45, 7) is 14.1. The number of esters is 1. The van der Waals surface area contributed by atoms with Crippen molar-refractivity contribution in [2.45, 2.75) is 128 Å². The highest BCUT2D eigenvalue weighted by Crippen LogP contribution is 2.43. The number of carbonyl (C=O) groups excluding carboxylic acids is 3. The number of likely N-dealkylation sites (N-methyl/N-ethyl adjacent to an activating group) is 1. The van der Waals surface area contributed by atoms with Gasteiger partial charge in [0.1, 0.15) is 24.4 Å².